The van der Waals surface area contributed by atoms with Crippen molar-refractivity contribution in [1.29, 1.82) is 0 Å². The van der Waals surface area contributed by atoms with Gasteiger partial charge >= 0.3 is 5.97 Å². The lowest BCUT2D eigenvalue weighted by atomic mass is 10.3. The van der Waals surface area contributed by atoms with E-state index in [-0.39, 0.29) is 7.40 Å². The summed E-state index contributed by atoms with van der Waals surface area (Å²) in [5.41, 5.74) is 0.384. The van der Waals surface area contributed by atoms with E-state index in [9.17, 15) is 4.79 Å². The van der Waals surface area contributed by atoms with E-state index in [4.69, 9.17) is 4.74 Å². The van der Waals surface area contributed by atoms with Crippen LogP contribution in [0.3, 0.4) is 0 Å². The maximum Gasteiger partial charge on any atom is 0.341 e. The lowest BCUT2D eigenvalue weighted by Gasteiger charge is -1.98. The van der Waals surface area contributed by atoms with Gasteiger partial charge < -0.3 is 4.74 Å². The summed E-state index contributed by atoms with van der Waals surface area (Å²) in [6, 6.07) is 0. The van der Waals surface area contributed by atoms with Gasteiger partial charge in [-0.05, 0) is 6.92 Å². The minimum atomic E-state index is -0.381. The average Bonchev–Trinajstić information content (AvgIpc) is 2.07. The molecule has 0 unspecified atom stereocenters. The van der Waals surface area contributed by atoms with Crippen LogP contribution < -0.4 is 0 Å². The van der Waals surface area contributed by atoms with Crippen molar-refractivity contribution in [1.82, 2.24) is 9.97 Å². The largest absolute Gasteiger partial charge is 0.462 e. The molecule has 0 aliphatic carbocycles. The minimum Gasteiger partial charge on any atom is -0.462 e. The first kappa shape index (κ1) is 7.65. The number of hydrogen-bond acceptors (Lipinski definition) is 4. The molecule has 1 heterocycles. The summed E-state index contributed by atoms with van der Waals surface area (Å²) in [4.78, 5) is 18.3. The predicted octanol–water partition coefficient (Wildman–Crippen LogP) is 0.766. The van der Waals surface area contributed by atoms with Crippen LogP contribution in [0.5, 0.6) is 0 Å². The van der Waals surface area contributed by atoms with Crippen LogP contribution in [0.1, 0.15) is 18.7 Å². The van der Waals surface area contributed by atoms with E-state index in [1.165, 1.54) is 18.7 Å². The van der Waals surface area contributed by atoms with Crippen LogP contribution in [-0.2, 0) is 4.74 Å². The fraction of sp³-hybridized carbons (Fsp3) is 0.286. The Labute approximate surface area is 65.7 Å². The van der Waals surface area contributed by atoms with Crippen molar-refractivity contribution in [3.8, 4) is 0 Å². The number of carbonyl (C=O) groups is 1. The lowest BCUT2D eigenvalue weighted by molar-refractivity contribution is 0.0525. The molecule has 1 aromatic rings. The summed E-state index contributed by atoms with van der Waals surface area (Å²) >= 11 is 0. The van der Waals surface area contributed by atoms with Crippen LogP contribution in [0.2, 0.25) is 0 Å². The van der Waals surface area contributed by atoms with E-state index < -0.39 is 0 Å². The van der Waals surface area contributed by atoms with E-state index in [1.54, 1.807) is 6.92 Å². The predicted molar refractivity (Wildman–Crippen MR) is 39.1 cm³/mol. The highest BCUT2D eigenvalue weighted by molar-refractivity contribution is 5.88. The number of nitrogens with zero attached hydrogens (tertiary/aromatic N) is 2. The third-order valence-electron chi connectivity index (χ3n) is 1.07. The number of esters is 1. The first-order valence-corrected chi connectivity index (χ1v) is 3.26. The van der Waals surface area contributed by atoms with Gasteiger partial charge in [0.15, 0.2) is 0 Å². The Kier molecular flexibility index (Phi) is 2.54. The van der Waals surface area contributed by atoms with Crippen molar-refractivity contribution in [3.05, 3.63) is 24.3 Å². The Morgan fingerprint density at radius 3 is 2.82 bits per heavy atom. The van der Waals surface area contributed by atoms with E-state index in [1.807, 2.05) is 0 Å². The van der Waals surface area contributed by atoms with E-state index in [0.717, 1.165) is 0 Å². The summed E-state index contributed by atoms with van der Waals surface area (Å²) in [6.45, 7) is 2.12. The van der Waals surface area contributed by atoms with Gasteiger partial charge in [0.25, 0.3) is 0 Å². The Balaban J connectivity index is 0.00000121. The van der Waals surface area contributed by atoms with Gasteiger partial charge in [0.2, 0.25) is 0 Å². The van der Waals surface area contributed by atoms with Crippen LogP contribution in [0.25, 0.3) is 0 Å². The summed E-state index contributed by atoms with van der Waals surface area (Å²) in [5.74, 6) is -0.381. The highest BCUT2D eigenvalue weighted by Crippen LogP contribution is 1.95. The van der Waals surface area contributed by atoms with Crippen molar-refractivity contribution in [3.63, 3.8) is 0 Å². The van der Waals surface area contributed by atoms with Crippen molar-refractivity contribution in [2.45, 2.75) is 6.92 Å². The van der Waals surface area contributed by atoms with E-state index >= 15 is 0 Å². The molecule has 0 spiro atoms. The first-order valence-electron chi connectivity index (χ1n) is 3.26. The second kappa shape index (κ2) is 3.65. The molecule has 0 aliphatic heterocycles. The summed E-state index contributed by atoms with van der Waals surface area (Å²) in [5, 5.41) is 0. The molecule has 1 radical (unpaired) electrons. The van der Waals surface area contributed by atoms with E-state index in [2.05, 4.69) is 9.97 Å². The third kappa shape index (κ3) is 2.00. The maximum absolute atomic E-state index is 10.9. The fourth-order valence-corrected chi connectivity index (χ4v) is 0.619. The molecule has 0 amide bonds. The van der Waals surface area contributed by atoms with Gasteiger partial charge in [-0.3, -0.25) is 0 Å². The van der Waals surface area contributed by atoms with Crippen molar-refractivity contribution in [2.24, 2.45) is 0 Å². The molecule has 0 N–H and O–H groups in total. The zero-order chi connectivity index (χ0) is 8.10. The van der Waals surface area contributed by atoms with E-state index in [0.29, 0.717) is 12.2 Å². The molecular formula is C7H9N2O2. The van der Waals surface area contributed by atoms with Crippen LogP contribution in [-0.4, -0.2) is 22.5 Å². The van der Waals surface area contributed by atoms with Crippen LogP contribution >= 0.6 is 0 Å². The number of rotatable bonds is 2. The Morgan fingerprint density at radius 1 is 1.64 bits per heavy atom. The summed E-state index contributed by atoms with van der Waals surface area (Å²) in [7, 11) is 0. The fourth-order valence-electron chi connectivity index (χ4n) is 0.619. The molecule has 0 atom stereocenters. The monoisotopic (exact) mass is 153 g/mol. The van der Waals surface area contributed by atoms with Crippen LogP contribution in [0.15, 0.2) is 18.7 Å². The van der Waals surface area contributed by atoms with Crippen molar-refractivity contribution >= 4 is 5.97 Å². The summed E-state index contributed by atoms with van der Waals surface area (Å²) in [6.07, 6.45) is 4.21. The quantitative estimate of drug-likeness (QED) is 0.589. The number of hydrogen-bond donors (Lipinski definition) is 0. The number of aromatic nitrogens is 2. The molecule has 59 valence electrons. The highest BCUT2D eigenvalue weighted by atomic mass is 16.5. The number of ether oxygens (including phenoxy) is 1. The normalized spacial score (nSPS) is 9.18. The molecule has 0 fully saturated rings. The summed E-state index contributed by atoms with van der Waals surface area (Å²) < 4.78 is 4.71. The van der Waals surface area contributed by atoms with Crippen molar-refractivity contribution in [2.75, 3.05) is 6.61 Å². The maximum atomic E-state index is 10.9. The SMILES string of the molecule is CCOC(=O)c1cncnc1.[H]. The minimum absolute atomic E-state index is 0. The molecule has 4 nitrogen and oxygen atoms in total. The highest BCUT2D eigenvalue weighted by Gasteiger charge is 2.04. The molecule has 11 heavy (non-hydrogen) atoms. The molecule has 0 aliphatic rings. The van der Waals surface area contributed by atoms with Gasteiger partial charge in [-0.15, -0.1) is 0 Å². The molecule has 0 saturated heterocycles. The van der Waals surface area contributed by atoms with Gasteiger partial charge in [-0.1, -0.05) is 0 Å². The van der Waals surface area contributed by atoms with Crippen molar-refractivity contribution < 1.29 is 11.0 Å². The van der Waals surface area contributed by atoms with Gasteiger partial charge in [-0.25, -0.2) is 14.8 Å². The van der Waals surface area contributed by atoms with Gasteiger partial charge in [0, 0.05) is 13.8 Å². The molecule has 0 bridgehead atoms. The smallest absolute Gasteiger partial charge is 0.341 e. The molecule has 1 aromatic heterocycles. The van der Waals surface area contributed by atoms with Gasteiger partial charge in [-0.2, -0.15) is 0 Å². The molecule has 0 saturated carbocycles. The van der Waals surface area contributed by atoms with Crippen LogP contribution in [0, 0.1) is 0 Å². The van der Waals surface area contributed by atoms with Crippen LogP contribution in [0.4, 0.5) is 0 Å². The zero-order valence-corrected chi connectivity index (χ0v) is 6.15. The average molecular weight is 153 g/mol. The second-order valence-corrected chi connectivity index (χ2v) is 1.85. The Bertz CT molecular complexity index is 240. The number of carbonyl (C=O) groups excluding carboxylic acids is 1. The second-order valence-electron chi connectivity index (χ2n) is 1.85. The molecular weight excluding hydrogens is 144 g/mol. The van der Waals surface area contributed by atoms with Gasteiger partial charge in [0.05, 0.1) is 12.2 Å². The Morgan fingerprint density at radius 2 is 2.27 bits per heavy atom. The topological polar surface area (TPSA) is 52.1 Å². The molecule has 4 heteroatoms. The van der Waals surface area contributed by atoms with Gasteiger partial charge in [0.1, 0.15) is 6.33 Å². The molecule has 0 aromatic carbocycles. The third-order valence-corrected chi connectivity index (χ3v) is 1.07. The standard InChI is InChI=1S/C7H8N2O2.H/c1-2-11-7(10)6-3-8-5-9-4-6;/h3-5H,2H2,1H3;. The first-order chi connectivity index (χ1) is 5.34. The lowest BCUT2D eigenvalue weighted by Crippen LogP contribution is -2.04. The zero-order valence-electron chi connectivity index (χ0n) is 7.15. The molecule has 1 rings (SSSR count). The Hall–Kier alpha value is -1.45.